The predicted octanol–water partition coefficient (Wildman–Crippen LogP) is -0.786. The van der Waals surface area contributed by atoms with Gasteiger partial charge in [0, 0.05) is 52.6 Å². The van der Waals surface area contributed by atoms with Gasteiger partial charge < -0.3 is 10.0 Å². The second-order valence-electron chi connectivity index (χ2n) is 5.24. The molecule has 2 aliphatic heterocycles. The molecular formula is C13H20N4O4. The van der Waals surface area contributed by atoms with Gasteiger partial charge in [0.1, 0.15) is 5.71 Å². The van der Waals surface area contributed by atoms with Crippen molar-refractivity contribution in [3.05, 3.63) is 0 Å². The van der Waals surface area contributed by atoms with Gasteiger partial charge in [0.2, 0.25) is 5.91 Å². The first kappa shape index (κ1) is 15.4. The number of amides is 2. The van der Waals surface area contributed by atoms with E-state index < -0.39 is 5.97 Å². The maximum Gasteiger partial charge on any atom is 0.304 e. The van der Waals surface area contributed by atoms with Crippen LogP contribution in [-0.4, -0.2) is 83.2 Å². The van der Waals surface area contributed by atoms with Crippen molar-refractivity contribution in [1.82, 2.24) is 14.8 Å². The molecule has 0 saturated carbocycles. The Bertz CT molecular complexity index is 469. The van der Waals surface area contributed by atoms with Gasteiger partial charge in [-0.05, 0) is 0 Å². The number of hydrogen-bond acceptors (Lipinski definition) is 5. The molecule has 2 amide bonds. The van der Waals surface area contributed by atoms with Crippen LogP contribution in [-0.2, 0) is 14.4 Å². The molecule has 8 nitrogen and oxygen atoms in total. The van der Waals surface area contributed by atoms with E-state index in [0.29, 0.717) is 51.3 Å². The van der Waals surface area contributed by atoms with Crippen LogP contribution < -0.4 is 0 Å². The van der Waals surface area contributed by atoms with E-state index in [-0.39, 0.29) is 18.2 Å². The van der Waals surface area contributed by atoms with Gasteiger partial charge in [-0.25, -0.2) is 5.01 Å². The Morgan fingerprint density at radius 1 is 1.19 bits per heavy atom. The second kappa shape index (κ2) is 6.66. The van der Waals surface area contributed by atoms with Crippen LogP contribution >= 0.6 is 0 Å². The van der Waals surface area contributed by atoms with Crippen LogP contribution in [0.5, 0.6) is 0 Å². The summed E-state index contributed by atoms with van der Waals surface area (Å²) < 4.78 is 0. The monoisotopic (exact) mass is 296 g/mol. The van der Waals surface area contributed by atoms with Crippen LogP contribution in [0.3, 0.4) is 0 Å². The number of carboxylic acids is 1. The molecule has 0 aliphatic carbocycles. The molecule has 8 heteroatoms. The van der Waals surface area contributed by atoms with Crippen molar-refractivity contribution in [3.8, 4) is 0 Å². The number of piperazine rings is 1. The number of carbonyl (C=O) groups excluding carboxylic acids is 2. The highest BCUT2D eigenvalue weighted by Crippen LogP contribution is 2.11. The molecule has 1 N–H and O–H groups in total. The molecule has 0 bridgehead atoms. The van der Waals surface area contributed by atoms with E-state index in [4.69, 9.17) is 5.11 Å². The first-order chi connectivity index (χ1) is 9.97. The molecule has 0 aromatic heterocycles. The minimum atomic E-state index is -0.808. The maximum absolute atomic E-state index is 12.3. The topological polar surface area (TPSA) is 93.5 Å². The lowest BCUT2D eigenvalue weighted by Crippen LogP contribution is -2.51. The fourth-order valence-electron chi connectivity index (χ4n) is 2.43. The number of carbonyl (C=O) groups is 3. The molecule has 0 radical (unpaired) electrons. The van der Waals surface area contributed by atoms with Crippen LogP contribution in [0.1, 0.15) is 19.3 Å². The van der Waals surface area contributed by atoms with Crippen molar-refractivity contribution >= 4 is 23.5 Å². The van der Waals surface area contributed by atoms with Gasteiger partial charge in [-0.15, -0.1) is 0 Å². The summed E-state index contributed by atoms with van der Waals surface area (Å²) in [6.07, 6.45) is 0.828. The van der Waals surface area contributed by atoms with Gasteiger partial charge in [0.25, 0.3) is 5.91 Å². The van der Waals surface area contributed by atoms with Crippen LogP contribution in [0.2, 0.25) is 0 Å². The number of carboxylic acid groups (broad SMARTS) is 1. The third-order valence-corrected chi connectivity index (χ3v) is 3.76. The lowest BCUT2D eigenvalue weighted by atomic mass is 10.1. The molecule has 1 fully saturated rings. The Morgan fingerprint density at radius 2 is 1.86 bits per heavy atom. The zero-order valence-corrected chi connectivity index (χ0v) is 12.1. The van der Waals surface area contributed by atoms with Gasteiger partial charge in [-0.3, -0.25) is 19.3 Å². The van der Waals surface area contributed by atoms with E-state index >= 15 is 0 Å². The summed E-state index contributed by atoms with van der Waals surface area (Å²) >= 11 is 0. The molecule has 0 aromatic rings. The summed E-state index contributed by atoms with van der Waals surface area (Å²) in [6, 6.07) is 0. The van der Waals surface area contributed by atoms with Crippen molar-refractivity contribution in [2.75, 3.05) is 39.8 Å². The number of rotatable bonds is 4. The summed E-state index contributed by atoms with van der Waals surface area (Å²) in [6.45, 7) is 2.97. The Hall–Kier alpha value is -1.96. The summed E-state index contributed by atoms with van der Waals surface area (Å²) in [7, 11) is 1.55. The lowest BCUT2D eigenvalue weighted by Gasteiger charge is -2.35. The molecule has 0 spiro atoms. The van der Waals surface area contributed by atoms with Crippen molar-refractivity contribution < 1.29 is 19.5 Å². The highest BCUT2D eigenvalue weighted by atomic mass is 16.4. The zero-order chi connectivity index (χ0) is 15.4. The molecular weight excluding hydrogens is 276 g/mol. The van der Waals surface area contributed by atoms with Crippen LogP contribution in [0, 0.1) is 0 Å². The third kappa shape index (κ3) is 4.01. The Balaban J connectivity index is 1.84. The number of hydrogen-bond donors (Lipinski definition) is 1. The first-order valence-electron chi connectivity index (χ1n) is 7.05. The SMILES string of the molecule is CN1N=C(C(=O)N2CCN(CCC(=O)O)CC2)CCC1=O. The molecule has 2 heterocycles. The van der Waals surface area contributed by atoms with Crippen LogP contribution in [0.15, 0.2) is 5.10 Å². The average Bonchev–Trinajstić information content (AvgIpc) is 2.48. The Morgan fingerprint density at radius 3 is 2.43 bits per heavy atom. The Labute approximate surface area is 123 Å². The number of aliphatic carboxylic acids is 1. The minimum absolute atomic E-state index is 0.0787. The van der Waals surface area contributed by atoms with Gasteiger partial charge in [-0.1, -0.05) is 0 Å². The van der Waals surface area contributed by atoms with E-state index in [0.717, 1.165) is 0 Å². The van der Waals surface area contributed by atoms with Crippen LogP contribution in [0.4, 0.5) is 0 Å². The largest absolute Gasteiger partial charge is 0.481 e. The molecule has 0 aromatic carbocycles. The lowest BCUT2D eigenvalue weighted by molar-refractivity contribution is -0.138. The third-order valence-electron chi connectivity index (χ3n) is 3.76. The van der Waals surface area contributed by atoms with E-state index in [1.165, 1.54) is 5.01 Å². The highest BCUT2D eigenvalue weighted by Gasteiger charge is 2.28. The first-order valence-corrected chi connectivity index (χ1v) is 7.05. The van der Waals surface area contributed by atoms with Crippen molar-refractivity contribution in [3.63, 3.8) is 0 Å². The summed E-state index contributed by atoms with van der Waals surface area (Å²) in [5.41, 5.74) is 0.427. The number of hydrazone groups is 1. The zero-order valence-electron chi connectivity index (χ0n) is 12.1. The standard InChI is InChI=1S/C13H20N4O4/c1-15-11(18)3-2-10(14-15)13(21)17-8-6-16(7-9-17)5-4-12(19)20/h2-9H2,1H3,(H,19,20). The fourth-order valence-corrected chi connectivity index (χ4v) is 2.43. The fraction of sp³-hybridized carbons (Fsp3) is 0.692. The van der Waals surface area contributed by atoms with Gasteiger partial charge in [0.05, 0.1) is 6.42 Å². The van der Waals surface area contributed by atoms with Crippen molar-refractivity contribution in [1.29, 1.82) is 0 Å². The normalized spacial score (nSPS) is 20.4. The van der Waals surface area contributed by atoms with Crippen molar-refractivity contribution in [2.24, 2.45) is 5.10 Å². The van der Waals surface area contributed by atoms with Crippen molar-refractivity contribution in [2.45, 2.75) is 19.3 Å². The van der Waals surface area contributed by atoms with E-state index in [1.54, 1.807) is 11.9 Å². The van der Waals surface area contributed by atoms with E-state index in [2.05, 4.69) is 5.10 Å². The smallest absolute Gasteiger partial charge is 0.304 e. The molecule has 0 unspecified atom stereocenters. The summed E-state index contributed by atoms with van der Waals surface area (Å²) in [4.78, 5) is 38.0. The second-order valence-corrected chi connectivity index (χ2v) is 5.24. The van der Waals surface area contributed by atoms with Gasteiger partial charge >= 0.3 is 5.97 Å². The molecule has 116 valence electrons. The van der Waals surface area contributed by atoms with Gasteiger partial charge in [0.15, 0.2) is 0 Å². The minimum Gasteiger partial charge on any atom is -0.481 e. The van der Waals surface area contributed by atoms with Crippen LogP contribution in [0.25, 0.3) is 0 Å². The number of nitrogens with zero attached hydrogens (tertiary/aromatic N) is 4. The molecule has 2 aliphatic rings. The quantitative estimate of drug-likeness (QED) is 0.734. The molecule has 2 rings (SSSR count). The van der Waals surface area contributed by atoms with E-state index in [1.807, 2.05) is 4.90 Å². The van der Waals surface area contributed by atoms with Gasteiger partial charge in [-0.2, -0.15) is 5.10 Å². The summed E-state index contributed by atoms with van der Waals surface area (Å²) in [5.74, 6) is -1.00. The Kier molecular flexibility index (Phi) is 4.89. The predicted molar refractivity (Wildman–Crippen MR) is 74.7 cm³/mol. The molecule has 0 atom stereocenters. The highest BCUT2D eigenvalue weighted by molar-refractivity contribution is 6.39. The maximum atomic E-state index is 12.3. The molecule has 21 heavy (non-hydrogen) atoms. The summed E-state index contributed by atoms with van der Waals surface area (Å²) in [5, 5.41) is 13.9. The molecule has 1 saturated heterocycles. The van der Waals surface area contributed by atoms with E-state index in [9.17, 15) is 14.4 Å². The average molecular weight is 296 g/mol.